The van der Waals surface area contributed by atoms with E-state index in [1.54, 1.807) is 0 Å². The predicted molar refractivity (Wildman–Crippen MR) is 85.5 cm³/mol. The van der Waals surface area contributed by atoms with Crippen molar-refractivity contribution in [3.8, 4) is 5.75 Å². The van der Waals surface area contributed by atoms with Crippen molar-refractivity contribution >= 4 is 5.69 Å². The van der Waals surface area contributed by atoms with Crippen molar-refractivity contribution < 1.29 is 4.74 Å². The molecule has 2 rings (SSSR count). The van der Waals surface area contributed by atoms with Gasteiger partial charge in [0.25, 0.3) is 0 Å². The van der Waals surface area contributed by atoms with Crippen molar-refractivity contribution in [2.24, 2.45) is 11.1 Å². The van der Waals surface area contributed by atoms with Gasteiger partial charge in [-0.15, -0.1) is 0 Å². The minimum Gasteiger partial charge on any atom is -0.492 e. The van der Waals surface area contributed by atoms with Gasteiger partial charge in [0.2, 0.25) is 0 Å². The molecule has 0 unspecified atom stereocenters. The van der Waals surface area contributed by atoms with E-state index >= 15 is 0 Å². The van der Waals surface area contributed by atoms with Crippen LogP contribution in [-0.2, 0) is 0 Å². The van der Waals surface area contributed by atoms with Crippen LogP contribution in [0.1, 0.15) is 39.5 Å². The number of hydrogen-bond acceptors (Lipinski definition) is 3. The molecule has 3 nitrogen and oxygen atoms in total. The summed E-state index contributed by atoms with van der Waals surface area (Å²) in [5.41, 5.74) is 7.31. The topological polar surface area (TPSA) is 38.5 Å². The number of benzene rings is 1. The van der Waals surface area contributed by atoms with E-state index in [0.29, 0.717) is 18.6 Å². The quantitative estimate of drug-likeness (QED) is 0.790. The Morgan fingerprint density at radius 3 is 2.50 bits per heavy atom. The van der Waals surface area contributed by atoms with Gasteiger partial charge in [0.15, 0.2) is 0 Å². The third-order valence-electron chi connectivity index (χ3n) is 4.18. The second-order valence-corrected chi connectivity index (χ2v) is 5.99. The molecule has 0 aromatic heterocycles. The van der Waals surface area contributed by atoms with E-state index in [-0.39, 0.29) is 0 Å². The largest absolute Gasteiger partial charge is 0.492 e. The van der Waals surface area contributed by atoms with E-state index in [1.807, 2.05) is 6.07 Å². The summed E-state index contributed by atoms with van der Waals surface area (Å²) in [6, 6.07) is 8.39. The van der Waals surface area contributed by atoms with E-state index in [2.05, 4.69) is 36.9 Å². The Morgan fingerprint density at radius 2 is 1.90 bits per heavy atom. The van der Waals surface area contributed by atoms with E-state index in [9.17, 15) is 0 Å². The van der Waals surface area contributed by atoms with Crippen LogP contribution in [0, 0.1) is 5.41 Å². The Labute approximate surface area is 123 Å². The van der Waals surface area contributed by atoms with E-state index in [0.717, 1.165) is 5.75 Å². The van der Waals surface area contributed by atoms with Gasteiger partial charge in [0.05, 0.1) is 0 Å². The Kier molecular flexibility index (Phi) is 5.30. The maximum atomic E-state index is 5.61. The van der Waals surface area contributed by atoms with Gasteiger partial charge in [-0.05, 0) is 25.0 Å². The maximum absolute atomic E-state index is 5.61. The van der Waals surface area contributed by atoms with Crippen molar-refractivity contribution in [3.05, 3.63) is 24.3 Å². The number of anilines is 1. The van der Waals surface area contributed by atoms with Gasteiger partial charge in [-0.3, -0.25) is 0 Å². The van der Waals surface area contributed by atoms with Crippen LogP contribution < -0.4 is 15.4 Å². The average Bonchev–Trinajstić information content (AvgIpc) is 2.42. The second kappa shape index (κ2) is 6.98. The molecule has 0 aliphatic carbocycles. The van der Waals surface area contributed by atoms with Gasteiger partial charge in [-0.25, -0.2) is 0 Å². The number of nitrogens with zero attached hydrogens (tertiary/aromatic N) is 1. The average molecular weight is 276 g/mol. The summed E-state index contributed by atoms with van der Waals surface area (Å²) in [5.74, 6) is 0.927. The first-order valence-corrected chi connectivity index (χ1v) is 7.91. The highest BCUT2D eigenvalue weighted by molar-refractivity contribution is 5.53. The lowest BCUT2D eigenvalue weighted by Gasteiger charge is -2.52. The van der Waals surface area contributed by atoms with Crippen LogP contribution in [0.4, 0.5) is 5.69 Å². The minimum atomic E-state index is 0.553. The fraction of sp³-hybridized carbons (Fsp3) is 0.647. The molecule has 0 amide bonds. The van der Waals surface area contributed by atoms with E-state index < -0.39 is 0 Å². The smallest absolute Gasteiger partial charge is 0.121 e. The first-order valence-electron chi connectivity index (χ1n) is 7.91. The molecule has 0 spiro atoms. The van der Waals surface area contributed by atoms with E-state index in [1.165, 1.54) is 44.5 Å². The Bertz CT molecular complexity index is 405. The molecular weight excluding hydrogens is 248 g/mol. The van der Waals surface area contributed by atoms with Crippen LogP contribution >= 0.6 is 0 Å². The third-order valence-corrected chi connectivity index (χ3v) is 4.18. The summed E-state index contributed by atoms with van der Waals surface area (Å²) < 4.78 is 5.61. The number of ether oxygens (including phenoxy) is 1. The Hall–Kier alpha value is -1.22. The molecule has 20 heavy (non-hydrogen) atoms. The monoisotopic (exact) mass is 276 g/mol. The molecule has 0 saturated carbocycles. The molecule has 1 fully saturated rings. The van der Waals surface area contributed by atoms with Crippen molar-refractivity contribution in [2.45, 2.75) is 39.5 Å². The van der Waals surface area contributed by atoms with E-state index in [4.69, 9.17) is 10.5 Å². The summed E-state index contributed by atoms with van der Waals surface area (Å²) in [5, 5.41) is 0. The van der Waals surface area contributed by atoms with Crippen LogP contribution in [-0.4, -0.2) is 26.2 Å². The molecule has 1 aliphatic rings. The van der Waals surface area contributed by atoms with Crippen LogP contribution in [0.15, 0.2) is 24.3 Å². The van der Waals surface area contributed by atoms with Gasteiger partial charge in [0, 0.05) is 36.8 Å². The highest BCUT2D eigenvalue weighted by Gasteiger charge is 2.41. The summed E-state index contributed by atoms with van der Waals surface area (Å²) in [6.45, 7) is 8.11. The maximum Gasteiger partial charge on any atom is 0.121 e. The fourth-order valence-electron chi connectivity index (χ4n) is 3.39. The molecule has 1 saturated heterocycles. The van der Waals surface area contributed by atoms with Crippen molar-refractivity contribution in [3.63, 3.8) is 0 Å². The standard InChI is InChI=1S/C17H28N2O/c1-3-8-17(9-4-2)13-19(14-17)15-6-5-7-16(12-15)20-11-10-18/h5-7,12H,3-4,8-11,13-14,18H2,1-2H3. The number of rotatable bonds is 8. The second-order valence-electron chi connectivity index (χ2n) is 5.99. The van der Waals surface area contributed by atoms with Crippen LogP contribution in [0.2, 0.25) is 0 Å². The summed E-state index contributed by atoms with van der Waals surface area (Å²) >= 11 is 0. The molecule has 1 aliphatic heterocycles. The molecule has 0 bridgehead atoms. The van der Waals surface area contributed by atoms with Gasteiger partial charge in [-0.2, -0.15) is 0 Å². The normalized spacial score (nSPS) is 16.9. The third kappa shape index (κ3) is 3.45. The van der Waals surface area contributed by atoms with Crippen LogP contribution in [0.25, 0.3) is 0 Å². The SMILES string of the molecule is CCCC1(CCC)CN(c2cccc(OCCN)c2)C1. The lowest BCUT2D eigenvalue weighted by Crippen LogP contribution is -2.56. The molecular formula is C17H28N2O. The van der Waals surface area contributed by atoms with Crippen molar-refractivity contribution in [1.82, 2.24) is 0 Å². The number of nitrogens with two attached hydrogens (primary N) is 1. The first-order chi connectivity index (χ1) is 9.73. The summed E-state index contributed by atoms with van der Waals surface area (Å²) in [7, 11) is 0. The van der Waals surface area contributed by atoms with Gasteiger partial charge in [0.1, 0.15) is 12.4 Å². The molecule has 3 heteroatoms. The Balaban J connectivity index is 1.97. The molecule has 1 heterocycles. The summed E-state index contributed by atoms with van der Waals surface area (Å²) in [6.07, 6.45) is 5.27. The first kappa shape index (κ1) is 15.2. The zero-order valence-corrected chi connectivity index (χ0v) is 12.9. The molecule has 2 N–H and O–H groups in total. The zero-order valence-electron chi connectivity index (χ0n) is 12.9. The van der Waals surface area contributed by atoms with Crippen LogP contribution in [0.3, 0.4) is 0 Å². The molecule has 1 aromatic carbocycles. The predicted octanol–water partition coefficient (Wildman–Crippen LogP) is 3.43. The fourth-order valence-corrected chi connectivity index (χ4v) is 3.39. The zero-order chi connectivity index (χ0) is 14.4. The van der Waals surface area contributed by atoms with Gasteiger partial charge in [-0.1, -0.05) is 32.8 Å². The number of hydrogen-bond donors (Lipinski definition) is 1. The minimum absolute atomic E-state index is 0.553. The van der Waals surface area contributed by atoms with Crippen molar-refractivity contribution in [2.75, 3.05) is 31.1 Å². The molecule has 112 valence electrons. The van der Waals surface area contributed by atoms with Crippen LogP contribution in [0.5, 0.6) is 5.75 Å². The lowest BCUT2D eigenvalue weighted by molar-refractivity contribution is 0.173. The van der Waals surface area contributed by atoms with Gasteiger partial charge < -0.3 is 15.4 Å². The molecule has 1 aromatic rings. The lowest BCUT2D eigenvalue weighted by atomic mass is 9.72. The Morgan fingerprint density at radius 1 is 1.20 bits per heavy atom. The molecule has 0 atom stereocenters. The highest BCUT2D eigenvalue weighted by Crippen LogP contribution is 2.42. The highest BCUT2D eigenvalue weighted by atomic mass is 16.5. The summed E-state index contributed by atoms with van der Waals surface area (Å²) in [4.78, 5) is 2.47. The van der Waals surface area contributed by atoms with Gasteiger partial charge >= 0.3 is 0 Å². The molecule has 0 radical (unpaired) electrons. The van der Waals surface area contributed by atoms with Crippen molar-refractivity contribution in [1.29, 1.82) is 0 Å².